The molecule has 2 fully saturated rings. The lowest BCUT2D eigenvalue weighted by atomic mass is 9.75. The number of likely N-dealkylation sites (tertiary alicyclic amines) is 1. The van der Waals surface area contributed by atoms with E-state index in [0.717, 1.165) is 36.0 Å². The standard InChI is InChI=1S/C21H26N2O4S/c24-19(23-10-9-14-5-1-2-6-15(14)12-23)13-27-20(25)11-18-21(26)22-16-7-3-4-8-17(16)28-18/h3-4,7-8,14-15,18H,1-2,5-6,9-13H2,(H,22,26)/t14-,15+,18+/m0/s1. The van der Waals surface area contributed by atoms with E-state index in [0.29, 0.717) is 5.92 Å². The molecule has 28 heavy (non-hydrogen) atoms. The predicted molar refractivity (Wildman–Crippen MR) is 107 cm³/mol. The van der Waals surface area contributed by atoms with E-state index in [1.54, 1.807) is 0 Å². The van der Waals surface area contributed by atoms with Gasteiger partial charge in [0.2, 0.25) is 5.91 Å². The molecule has 150 valence electrons. The van der Waals surface area contributed by atoms with Crippen molar-refractivity contribution in [1.29, 1.82) is 0 Å². The molecule has 0 unspecified atom stereocenters. The number of hydrogen-bond acceptors (Lipinski definition) is 5. The first kappa shape index (κ1) is 19.3. The first-order valence-corrected chi connectivity index (χ1v) is 11.0. The summed E-state index contributed by atoms with van der Waals surface area (Å²) in [6.07, 6.45) is 6.06. The summed E-state index contributed by atoms with van der Waals surface area (Å²) in [5.41, 5.74) is 0.767. The highest BCUT2D eigenvalue weighted by Gasteiger charge is 2.33. The second kappa shape index (κ2) is 8.55. The maximum Gasteiger partial charge on any atom is 0.307 e. The molecule has 0 bridgehead atoms. The summed E-state index contributed by atoms with van der Waals surface area (Å²) in [5.74, 6) is 0.525. The van der Waals surface area contributed by atoms with Crippen molar-refractivity contribution in [2.75, 3.05) is 25.0 Å². The Morgan fingerprint density at radius 3 is 2.79 bits per heavy atom. The summed E-state index contributed by atoms with van der Waals surface area (Å²) in [7, 11) is 0. The molecule has 2 amide bonds. The van der Waals surface area contributed by atoms with Crippen LogP contribution < -0.4 is 5.32 Å². The van der Waals surface area contributed by atoms with Crippen LogP contribution in [0.2, 0.25) is 0 Å². The van der Waals surface area contributed by atoms with Crippen LogP contribution in [-0.4, -0.2) is 47.6 Å². The second-order valence-electron chi connectivity index (χ2n) is 7.89. The van der Waals surface area contributed by atoms with Gasteiger partial charge in [0.15, 0.2) is 6.61 Å². The molecule has 0 radical (unpaired) electrons. The molecule has 1 saturated carbocycles. The second-order valence-corrected chi connectivity index (χ2v) is 9.13. The molecule has 3 atom stereocenters. The van der Waals surface area contributed by atoms with Gasteiger partial charge in [-0.1, -0.05) is 31.4 Å². The number of nitrogens with zero attached hydrogens (tertiary/aromatic N) is 1. The van der Waals surface area contributed by atoms with Gasteiger partial charge in [0.1, 0.15) is 0 Å². The van der Waals surface area contributed by atoms with E-state index in [1.807, 2.05) is 29.2 Å². The van der Waals surface area contributed by atoms with Gasteiger partial charge in [0, 0.05) is 18.0 Å². The molecule has 1 aromatic carbocycles. The number of piperidine rings is 1. The topological polar surface area (TPSA) is 75.7 Å². The SMILES string of the molecule is O=C(C[C@H]1Sc2ccccc2NC1=O)OCC(=O)N1CC[C@@H]2CCCC[C@@H]2C1. The molecule has 1 saturated heterocycles. The van der Waals surface area contributed by atoms with Crippen LogP contribution in [0.5, 0.6) is 0 Å². The Hall–Kier alpha value is -2.02. The summed E-state index contributed by atoms with van der Waals surface area (Å²) >= 11 is 1.36. The molecule has 1 aromatic rings. The van der Waals surface area contributed by atoms with E-state index < -0.39 is 11.2 Å². The fourth-order valence-corrected chi connectivity index (χ4v) is 5.59. The maximum absolute atomic E-state index is 12.5. The number of carbonyl (C=O) groups is 3. The lowest BCUT2D eigenvalue weighted by Crippen LogP contribution is -2.46. The van der Waals surface area contributed by atoms with E-state index in [4.69, 9.17) is 4.74 Å². The molecule has 4 rings (SSSR count). The smallest absolute Gasteiger partial charge is 0.307 e. The summed E-state index contributed by atoms with van der Waals surface area (Å²) in [4.78, 5) is 39.6. The number of carbonyl (C=O) groups excluding carboxylic acids is 3. The minimum Gasteiger partial charge on any atom is -0.456 e. The minimum atomic E-state index is -0.532. The first-order chi connectivity index (χ1) is 13.6. The fraction of sp³-hybridized carbons (Fsp3) is 0.571. The van der Waals surface area contributed by atoms with E-state index in [1.165, 1.54) is 37.4 Å². The van der Waals surface area contributed by atoms with Crippen LogP contribution in [0, 0.1) is 11.8 Å². The summed E-state index contributed by atoms with van der Waals surface area (Å²) in [6, 6.07) is 7.50. The van der Waals surface area contributed by atoms with Gasteiger partial charge in [-0.2, -0.15) is 0 Å². The number of thioether (sulfide) groups is 1. The Morgan fingerprint density at radius 2 is 1.93 bits per heavy atom. The van der Waals surface area contributed by atoms with Crippen molar-refractivity contribution < 1.29 is 19.1 Å². The van der Waals surface area contributed by atoms with Crippen LogP contribution in [-0.2, 0) is 19.1 Å². The van der Waals surface area contributed by atoms with Gasteiger partial charge in [0.05, 0.1) is 17.4 Å². The third-order valence-electron chi connectivity index (χ3n) is 6.06. The van der Waals surface area contributed by atoms with E-state index in [-0.39, 0.29) is 24.8 Å². The van der Waals surface area contributed by atoms with Gasteiger partial charge >= 0.3 is 5.97 Å². The highest BCUT2D eigenvalue weighted by Crippen LogP contribution is 2.37. The first-order valence-electron chi connectivity index (χ1n) is 10.1. The Kier molecular flexibility index (Phi) is 5.90. The van der Waals surface area contributed by atoms with E-state index in [2.05, 4.69) is 5.32 Å². The molecule has 6 nitrogen and oxygen atoms in total. The van der Waals surface area contributed by atoms with Gasteiger partial charge < -0.3 is 15.0 Å². The van der Waals surface area contributed by atoms with Gasteiger partial charge in [-0.05, 0) is 36.8 Å². The number of ether oxygens (including phenoxy) is 1. The molecular weight excluding hydrogens is 376 g/mol. The zero-order valence-corrected chi connectivity index (χ0v) is 16.7. The van der Waals surface area contributed by atoms with Crippen LogP contribution in [0.25, 0.3) is 0 Å². The monoisotopic (exact) mass is 402 g/mol. The summed E-state index contributed by atoms with van der Waals surface area (Å²) < 4.78 is 5.21. The number of fused-ring (bicyclic) bond motifs is 2. The fourth-order valence-electron chi connectivity index (χ4n) is 4.50. The normalized spacial score (nSPS) is 26.6. The Morgan fingerprint density at radius 1 is 1.14 bits per heavy atom. The molecule has 2 aliphatic heterocycles. The number of rotatable bonds is 4. The summed E-state index contributed by atoms with van der Waals surface area (Å²) in [6.45, 7) is 1.32. The number of hydrogen-bond donors (Lipinski definition) is 1. The minimum absolute atomic E-state index is 0.0389. The maximum atomic E-state index is 12.5. The van der Waals surface area contributed by atoms with Gasteiger partial charge in [-0.25, -0.2) is 0 Å². The van der Waals surface area contributed by atoms with Crippen LogP contribution in [0.3, 0.4) is 0 Å². The largest absolute Gasteiger partial charge is 0.456 e. The lowest BCUT2D eigenvalue weighted by Gasteiger charge is -2.41. The zero-order chi connectivity index (χ0) is 19.5. The molecule has 7 heteroatoms. The van der Waals surface area contributed by atoms with Crippen molar-refractivity contribution >= 4 is 35.2 Å². The van der Waals surface area contributed by atoms with Crippen molar-refractivity contribution in [1.82, 2.24) is 4.90 Å². The molecule has 0 spiro atoms. The zero-order valence-electron chi connectivity index (χ0n) is 15.9. The van der Waals surface area contributed by atoms with Crippen molar-refractivity contribution in [3.63, 3.8) is 0 Å². The van der Waals surface area contributed by atoms with Crippen molar-refractivity contribution in [3.8, 4) is 0 Å². The predicted octanol–water partition coefficient (Wildman–Crippen LogP) is 3.07. The van der Waals surface area contributed by atoms with Crippen molar-refractivity contribution in [2.45, 2.75) is 48.7 Å². The number of benzene rings is 1. The van der Waals surface area contributed by atoms with Crippen LogP contribution in [0.15, 0.2) is 29.2 Å². The van der Waals surface area contributed by atoms with E-state index >= 15 is 0 Å². The third-order valence-corrected chi connectivity index (χ3v) is 7.33. The number of amides is 2. The average Bonchev–Trinajstić information content (AvgIpc) is 2.72. The van der Waals surface area contributed by atoms with E-state index in [9.17, 15) is 14.4 Å². The highest BCUT2D eigenvalue weighted by molar-refractivity contribution is 8.01. The molecule has 3 aliphatic rings. The van der Waals surface area contributed by atoms with Gasteiger partial charge in [0.25, 0.3) is 5.91 Å². The number of esters is 1. The molecule has 0 aromatic heterocycles. The quantitative estimate of drug-likeness (QED) is 0.784. The van der Waals surface area contributed by atoms with Crippen LogP contribution >= 0.6 is 11.8 Å². The highest BCUT2D eigenvalue weighted by atomic mass is 32.2. The van der Waals surface area contributed by atoms with Crippen molar-refractivity contribution in [2.24, 2.45) is 11.8 Å². The van der Waals surface area contributed by atoms with Crippen LogP contribution in [0.4, 0.5) is 5.69 Å². The molecule has 1 aliphatic carbocycles. The third kappa shape index (κ3) is 4.35. The molecular formula is C21H26N2O4S. The molecule has 1 N–H and O–H groups in total. The van der Waals surface area contributed by atoms with Crippen molar-refractivity contribution in [3.05, 3.63) is 24.3 Å². The van der Waals surface area contributed by atoms with Gasteiger partial charge in [-0.3, -0.25) is 14.4 Å². The van der Waals surface area contributed by atoms with Crippen LogP contribution in [0.1, 0.15) is 38.5 Å². The van der Waals surface area contributed by atoms with Gasteiger partial charge in [-0.15, -0.1) is 11.8 Å². The number of nitrogens with one attached hydrogen (secondary N) is 1. The Bertz CT molecular complexity index is 769. The molecule has 2 heterocycles. The Labute approximate surface area is 169 Å². The number of para-hydroxylation sites is 1. The lowest BCUT2D eigenvalue weighted by molar-refractivity contribution is -0.153. The Balaban J connectivity index is 1.24. The summed E-state index contributed by atoms with van der Waals surface area (Å²) in [5, 5.41) is 2.28. The average molecular weight is 403 g/mol. The number of anilines is 1.